The van der Waals surface area contributed by atoms with Gasteiger partial charge in [-0.05, 0) is 35.0 Å². The van der Waals surface area contributed by atoms with Gasteiger partial charge in [-0.25, -0.2) is 0 Å². The minimum absolute atomic E-state index is 0.338. The van der Waals surface area contributed by atoms with Crippen LogP contribution in [0.2, 0.25) is 0 Å². The quantitative estimate of drug-likeness (QED) is 0.838. The summed E-state index contributed by atoms with van der Waals surface area (Å²) >= 11 is 3.34. The summed E-state index contributed by atoms with van der Waals surface area (Å²) in [6, 6.07) is 4.31. The first kappa shape index (κ1) is 10.6. The van der Waals surface area contributed by atoms with E-state index in [1.165, 1.54) is 0 Å². The summed E-state index contributed by atoms with van der Waals surface area (Å²) in [6.45, 7) is 3.47. The normalized spacial score (nSPS) is 12.8. The van der Waals surface area contributed by atoms with E-state index in [2.05, 4.69) is 33.2 Å². The molecular weight excluding hydrogens is 230 g/mol. The second kappa shape index (κ2) is 5.32. The van der Waals surface area contributed by atoms with E-state index in [-0.39, 0.29) is 0 Å². The lowest BCUT2D eigenvalue weighted by Crippen LogP contribution is -2.32. The van der Waals surface area contributed by atoms with Crippen molar-refractivity contribution in [3.63, 3.8) is 0 Å². The lowest BCUT2D eigenvalue weighted by molar-refractivity contribution is 0.550. The minimum Gasteiger partial charge on any atom is -0.329 e. The Kier molecular flexibility index (Phi) is 4.35. The van der Waals surface area contributed by atoms with Crippen molar-refractivity contribution >= 4 is 15.9 Å². The number of pyridine rings is 1. The van der Waals surface area contributed by atoms with Crippen molar-refractivity contribution in [2.24, 2.45) is 5.73 Å². The maximum absolute atomic E-state index is 5.47. The molecule has 1 heterocycles. The van der Waals surface area contributed by atoms with E-state index in [0.717, 1.165) is 16.7 Å². The van der Waals surface area contributed by atoms with Crippen molar-refractivity contribution in [1.29, 1.82) is 0 Å². The summed E-state index contributed by atoms with van der Waals surface area (Å²) in [5.41, 5.74) is 6.50. The molecule has 0 aliphatic heterocycles. The molecule has 0 saturated heterocycles. The summed E-state index contributed by atoms with van der Waals surface area (Å²) in [5.74, 6) is 0. The van der Waals surface area contributed by atoms with Crippen LogP contribution in [0.1, 0.15) is 12.6 Å². The molecule has 0 saturated carbocycles. The van der Waals surface area contributed by atoms with E-state index in [1.807, 2.05) is 12.1 Å². The van der Waals surface area contributed by atoms with Gasteiger partial charge in [-0.15, -0.1) is 0 Å². The molecule has 0 spiro atoms. The van der Waals surface area contributed by atoms with Gasteiger partial charge in [0.1, 0.15) is 0 Å². The summed E-state index contributed by atoms with van der Waals surface area (Å²) in [5, 5.41) is 3.27. The highest BCUT2D eigenvalue weighted by Gasteiger charge is 1.98. The highest BCUT2D eigenvalue weighted by atomic mass is 79.9. The van der Waals surface area contributed by atoms with Gasteiger partial charge in [-0.3, -0.25) is 4.98 Å². The van der Waals surface area contributed by atoms with Gasteiger partial charge in [0.15, 0.2) is 0 Å². The molecule has 1 aromatic heterocycles. The van der Waals surface area contributed by atoms with Crippen molar-refractivity contribution in [2.45, 2.75) is 19.5 Å². The number of nitrogens with two attached hydrogens (primary N) is 1. The van der Waals surface area contributed by atoms with Crippen LogP contribution in [0.15, 0.2) is 22.8 Å². The fourth-order valence-electron chi connectivity index (χ4n) is 0.873. The van der Waals surface area contributed by atoms with Gasteiger partial charge in [0.25, 0.3) is 0 Å². The van der Waals surface area contributed by atoms with E-state index < -0.39 is 0 Å². The fourth-order valence-corrected chi connectivity index (χ4v) is 1.11. The molecule has 1 atom stereocenters. The van der Waals surface area contributed by atoms with Crippen LogP contribution in [0.5, 0.6) is 0 Å². The van der Waals surface area contributed by atoms with Crippen molar-refractivity contribution < 1.29 is 0 Å². The fraction of sp³-hybridized carbons (Fsp3) is 0.444. The van der Waals surface area contributed by atoms with E-state index >= 15 is 0 Å². The first-order chi connectivity index (χ1) is 6.22. The molecule has 13 heavy (non-hydrogen) atoms. The zero-order chi connectivity index (χ0) is 9.68. The molecule has 0 fully saturated rings. The Morgan fingerprint density at radius 1 is 1.62 bits per heavy atom. The van der Waals surface area contributed by atoms with Crippen LogP contribution in [-0.4, -0.2) is 17.6 Å². The monoisotopic (exact) mass is 243 g/mol. The van der Waals surface area contributed by atoms with E-state index in [9.17, 15) is 0 Å². The first-order valence-corrected chi connectivity index (χ1v) is 5.05. The van der Waals surface area contributed by atoms with E-state index in [1.54, 1.807) is 6.20 Å². The molecule has 3 N–H and O–H groups in total. The number of nitrogens with one attached hydrogen (secondary N) is 1. The average molecular weight is 244 g/mol. The predicted octanol–water partition coefficient (Wildman–Crippen LogP) is 1.28. The molecule has 0 aliphatic carbocycles. The molecule has 1 rings (SSSR count). The minimum atomic E-state index is 0.338. The summed E-state index contributed by atoms with van der Waals surface area (Å²) in [7, 11) is 0. The maximum Gasteiger partial charge on any atom is 0.0542 e. The number of rotatable bonds is 4. The molecule has 1 aromatic rings. The number of aromatic nitrogens is 1. The second-order valence-corrected chi connectivity index (χ2v) is 3.90. The van der Waals surface area contributed by atoms with Crippen LogP contribution in [-0.2, 0) is 6.54 Å². The topological polar surface area (TPSA) is 50.9 Å². The zero-order valence-corrected chi connectivity index (χ0v) is 9.21. The molecule has 0 radical (unpaired) electrons. The highest BCUT2D eigenvalue weighted by molar-refractivity contribution is 9.10. The van der Waals surface area contributed by atoms with Crippen LogP contribution >= 0.6 is 15.9 Å². The number of hydrogen-bond donors (Lipinski definition) is 2. The summed E-state index contributed by atoms with van der Waals surface area (Å²) < 4.78 is 1.00. The molecule has 3 nitrogen and oxygen atoms in total. The molecule has 0 bridgehead atoms. The highest BCUT2D eigenvalue weighted by Crippen LogP contribution is 2.07. The maximum atomic E-state index is 5.47. The molecular formula is C9H14BrN3. The van der Waals surface area contributed by atoms with Crippen LogP contribution in [0.3, 0.4) is 0 Å². The van der Waals surface area contributed by atoms with Crippen LogP contribution in [0.4, 0.5) is 0 Å². The lowest BCUT2D eigenvalue weighted by Gasteiger charge is -2.10. The third-order valence-electron chi connectivity index (χ3n) is 1.77. The van der Waals surface area contributed by atoms with Crippen molar-refractivity contribution in [2.75, 3.05) is 6.54 Å². The third-order valence-corrected chi connectivity index (χ3v) is 2.24. The average Bonchev–Trinajstić information content (AvgIpc) is 2.16. The van der Waals surface area contributed by atoms with Gasteiger partial charge < -0.3 is 11.1 Å². The Bertz CT molecular complexity index is 248. The van der Waals surface area contributed by atoms with Gasteiger partial charge >= 0.3 is 0 Å². The summed E-state index contributed by atoms with van der Waals surface area (Å²) in [4.78, 5) is 4.23. The predicted molar refractivity (Wildman–Crippen MR) is 57.3 cm³/mol. The molecule has 72 valence electrons. The number of nitrogens with zero attached hydrogens (tertiary/aromatic N) is 1. The molecule has 0 aromatic carbocycles. The van der Waals surface area contributed by atoms with Gasteiger partial charge in [-0.1, -0.05) is 0 Å². The van der Waals surface area contributed by atoms with E-state index in [0.29, 0.717) is 12.6 Å². The van der Waals surface area contributed by atoms with E-state index in [4.69, 9.17) is 5.73 Å². The smallest absolute Gasteiger partial charge is 0.0542 e. The third kappa shape index (κ3) is 3.85. The van der Waals surface area contributed by atoms with Crippen molar-refractivity contribution in [1.82, 2.24) is 10.3 Å². The number of hydrogen-bond acceptors (Lipinski definition) is 3. The molecule has 0 unspecified atom stereocenters. The van der Waals surface area contributed by atoms with Gasteiger partial charge in [-0.2, -0.15) is 0 Å². The molecule has 0 aliphatic rings. The Morgan fingerprint density at radius 2 is 2.38 bits per heavy atom. The van der Waals surface area contributed by atoms with Crippen molar-refractivity contribution in [3.8, 4) is 0 Å². The Labute approximate surface area is 86.9 Å². The molecule has 4 heteroatoms. The van der Waals surface area contributed by atoms with Gasteiger partial charge in [0, 0.05) is 29.8 Å². The second-order valence-electron chi connectivity index (χ2n) is 2.99. The molecule has 0 amide bonds. The SMILES string of the molecule is C[C@H](CN)NCc1ccc(Br)cn1. The summed E-state index contributed by atoms with van der Waals surface area (Å²) in [6.07, 6.45) is 1.80. The van der Waals surface area contributed by atoms with Crippen LogP contribution in [0.25, 0.3) is 0 Å². The zero-order valence-electron chi connectivity index (χ0n) is 7.63. The van der Waals surface area contributed by atoms with Crippen molar-refractivity contribution in [3.05, 3.63) is 28.5 Å². The Hall–Kier alpha value is -0.450. The van der Waals surface area contributed by atoms with Gasteiger partial charge in [0.05, 0.1) is 5.69 Å². The first-order valence-electron chi connectivity index (χ1n) is 4.26. The van der Waals surface area contributed by atoms with Crippen LogP contribution < -0.4 is 11.1 Å². The Morgan fingerprint density at radius 3 is 2.92 bits per heavy atom. The standard InChI is InChI=1S/C9H14BrN3/c1-7(4-11)12-6-9-3-2-8(10)5-13-9/h2-3,5,7,12H,4,6,11H2,1H3/t7-/m1/s1. The number of halogens is 1. The largest absolute Gasteiger partial charge is 0.329 e. The van der Waals surface area contributed by atoms with Gasteiger partial charge in [0.2, 0.25) is 0 Å². The Balaban J connectivity index is 2.41. The lowest BCUT2D eigenvalue weighted by atomic mass is 10.3. The van der Waals surface area contributed by atoms with Crippen LogP contribution in [0, 0.1) is 0 Å².